The Bertz CT molecular complexity index is 276. The first-order chi connectivity index (χ1) is 6.63. The molecule has 0 radical (unpaired) electrons. The van der Waals surface area contributed by atoms with Crippen LogP contribution in [0.25, 0.3) is 0 Å². The van der Waals surface area contributed by atoms with E-state index in [-0.39, 0.29) is 0 Å². The van der Waals surface area contributed by atoms with Gasteiger partial charge in [0.05, 0.1) is 0 Å². The number of aromatic nitrogens is 1. The molecule has 0 spiro atoms. The summed E-state index contributed by atoms with van der Waals surface area (Å²) < 4.78 is 0. The van der Waals surface area contributed by atoms with Gasteiger partial charge in [-0.1, -0.05) is 0 Å². The van der Waals surface area contributed by atoms with Crippen molar-refractivity contribution in [2.45, 2.75) is 13.8 Å². The van der Waals surface area contributed by atoms with Crippen molar-refractivity contribution in [2.24, 2.45) is 0 Å². The van der Waals surface area contributed by atoms with Gasteiger partial charge in [0.15, 0.2) is 0 Å². The SMILES string of the molecule is CNCCN(C)c1cc(C)cc(C)n1. The number of nitrogens with one attached hydrogen (secondary N) is 1. The van der Waals surface area contributed by atoms with E-state index in [4.69, 9.17) is 0 Å². The van der Waals surface area contributed by atoms with Crippen LogP contribution >= 0.6 is 0 Å². The maximum absolute atomic E-state index is 4.48. The standard InChI is InChI=1S/C11H19N3/c1-9-7-10(2)13-11(8-9)14(4)6-5-12-3/h7-8,12H,5-6H2,1-4H3. The molecule has 0 aliphatic rings. The molecule has 1 N–H and O–H groups in total. The lowest BCUT2D eigenvalue weighted by Gasteiger charge is -2.18. The van der Waals surface area contributed by atoms with Gasteiger partial charge in [-0.25, -0.2) is 4.98 Å². The molecule has 78 valence electrons. The van der Waals surface area contributed by atoms with Crippen molar-refractivity contribution < 1.29 is 0 Å². The van der Waals surface area contributed by atoms with E-state index in [1.807, 2.05) is 14.0 Å². The highest BCUT2D eigenvalue weighted by Crippen LogP contribution is 2.12. The number of likely N-dealkylation sites (N-methyl/N-ethyl adjacent to an activating group) is 2. The lowest BCUT2D eigenvalue weighted by Crippen LogP contribution is -2.27. The predicted molar refractivity (Wildman–Crippen MR) is 60.9 cm³/mol. The molecule has 0 saturated carbocycles. The molecule has 1 aromatic rings. The molecule has 0 aliphatic heterocycles. The third-order valence-corrected chi connectivity index (χ3v) is 2.17. The Morgan fingerprint density at radius 1 is 1.36 bits per heavy atom. The highest BCUT2D eigenvalue weighted by molar-refractivity contribution is 5.41. The van der Waals surface area contributed by atoms with Gasteiger partial charge in [-0.05, 0) is 38.6 Å². The van der Waals surface area contributed by atoms with Crippen LogP contribution in [0.15, 0.2) is 12.1 Å². The number of pyridine rings is 1. The zero-order valence-electron chi connectivity index (χ0n) is 9.46. The van der Waals surface area contributed by atoms with Gasteiger partial charge in [0.25, 0.3) is 0 Å². The lowest BCUT2D eigenvalue weighted by atomic mass is 10.2. The Morgan fingerprint density at radius 3 is 2.64 bits per heavy atom. The van der Waals surface area contributed by atoms with Crippen molar-refractivity contribution in [3.05, 3.63) is 23.4 Å². The topological polar surface area (TPSA) is 28.2 Å². The third kappa shape index (κ3) is 3.00. The summed E-state index contributed by atoms with van der Waals surface area (Å²) in [7, 11) is 4.03. The fourth-order valence-electron chi connectivity index (χ4n) is 1.41. The van der Waals surface area contributed by atoms with Crippen molar-refractivity contribution in [3.63, 3.8) is 0 Å². The molecule has 3 heteroatoms. The minimum absolute atomic E-state index is 0.977. The smallest absolute Gasteiger partial charge is 0.128 e. The van der Waals surface area contributed by atoms with E-state index in [1.54, 1.807) is 0 Å². The van der Waals surface area contributed by atoms with Crippen LogP contribution in [-0.4, -0.2) is 32.2 Å². The highest BCUT2D eigenvalue weighted by Gasteiger charge is 2.02. The van der Waals surface area contributed by atoms with E-state index in [0.717, 1.165) is 24.6 Å². The average Bonchev–Trinajstić information content (AvgIpc) is 2.12. The Morgan fingerprint density at radius 2 is 2.07 bits per heavy atom. The zero-order chi connectivity index (χ0) is 10.6. The minimum atomic E-state index is 0.977. The molecule has 1 aromatic heterocycles. The molecular weight excluding hydrogens is 174 g/mol. The maximum atomic E-state index is 4.48. The molecular formula is C11H19N3. The van der Waals surface area contributed by atoms with Gasteiger partial charge in [-0.3, -0.25) is 0 Å². The van der Waals surface area contributed by atoms with Gasteiger partial charge in [-0.15, -0.1) is 0 Å². The van der Waals surface area contributed by atoms with Crippen molar-refractivity contribution >= 4 is 5.82 Å². The lowest BCUT2D eigenvalue weighted by molar-refractivity contribution is 0.760. The van der Waals surface area contributed by atoms with Crippen LogP contribution in [0.1, 0.15) is 11.3 Å². The average molecular weight is 193 g/mol. The summed E-state index contributed by atoms with van der Waals surface area (Å²) in [6.45, 7) is 6.09. The van der Waals surface area contributed by atoms with Crippen molar-refractivity contribution in [1.29, 1.82) is 0 Å². The second-order valence-corrected chi connectivity index (χ2v) is 3.67. The van der Waals surface area contributed by atoms with E-state index < -0.39 is 0 Å². The van der Waals surface area contributed by atoms with Gasteiger partial charge < -0.3 is 10.2 Å². The summed E-state index contributed by atoms with van der Waals surface area (Å²) in [5.74, 6) is 1.05. The second kappa shape index (κ2) is 4.96. The Balaban J connectivity index is 2.73. The molecule has 0 aromatic carbocycles. The van der Waals surface area contributed by atoms with Crippen molar-refractivity contribution in [3.8, 4) is 0 Å². The Kier molecular flexibility index (Phi) is 3.89. The first-order valence-electron chi connectivity index (χ1n) is 4.94. The van der Waals surface area contributed by atoms with Crippen molar-refractivity contribution in [1.82, 2.24) is 10.3 Å². The second-order valence-electron chi connectivity index (χ2n) is 3.67. The fourth-order valence-corrected chi connectivity index (χ4v) is 1.41. The van der Waals surface area contributed by atoms with E-state index in [9.17, 15) is 0 Å². The normalized spacial score (nSPS) is 10.3. The van der Waals surface area contributed by atoms with Crippen LogP contribution in [0.2, 0.25) is 0 Å². The molecule has 0 atom stereocenters. The summed E-state index contributed by atoms with van der Waals surface area (Å²) in [6, 6.07) is 4.21. The molecule has 0 bridgehead atoms. The maximum Gasteiger partial charge on any atom is 0.128 e. The van der Waals surface area contributed by atoms with E-state index in [1.165, 1.54) is 5.56 Å². The number of hydrogen-bond acceptors (Lipinski definition) is 3. The molecule has 0 saturated heterocycles. The largest absolute Gasteiger partial charge is 0.358 e. The monoisotopic (exact) mass is 193 g/mol. The predicted octanol–water partition coefficient (Wildman–Crippen LogP) is 1.35. The van der Waals surface area contributed by atoms with Crippen LogP contribution in [0.5, 0.6) is 0 Å². The molecule has 3 nitrogen and oxygen atoms in total. The molecule has 14 heavy (non-hydrogen) atoms. The quantitative estimate of drug-likeness (QED) is 0.782. The van der Waals surface area contributed by atoms with Crippen LogP contribution in [0.3, 0.4) is 0 Å². The van der Waals surface area contributed by atoms with Gasteiger partial charge in [0.1, 0.15) is 5.82 Å². The molecule has 0 amide bonds. The molecule has 0 unspecified atom stereocenters. The van der Waals surface area contributed by atoms with Gasteiger partial charge in [0, 0.05) is 25.8 Å². The Labute approximate surface area is 86.2 Å². The fraction of sp³-hybridized carbons (Fsp3) is 0.545. The summed E-state index contributed by atoms with van der Waals surface area (Å²) in [6.07, 6.45) is 0. The van der Waals surface area contributed by atoms with E-state index in [0.29, 0.717) is 0 Å². The van der Waals surface area contributed by atoms with Crippen LogP contribution in [0.4, 0.5) is 5.82 Å². The van der Waals surface area contributed by atoms with E-state index in [2.05, 4.69) is 41.3 Å². The van der Waals surface area contributed by atoms with Gasteiger partial charge in [-0.2, -0.15) is 0 Å². The number of nitrogens with zero attached hydrogens (tertiary/aromatic N) is 2. The van der Waals surface area contributed by atoms with Crippen molar-refractivity contribution in [2.75, 3.05) is 32.1 Å². The summed E-state index contributed by atoms with van der Waals surface area (Å²) in [5.41, 5.74) is 2.35. The minimum Gasteiger partial charge on any atom is -0.358 e. The molecule has 0 aliphatic carbocycles. The number of rotatable bonds is 4. The summed E-state index contributed by atoms with van der Waals surface area (Å²) >= 11 is 0. The van der Waals surface area contributed by atoms with Crippen LogP contribution in [-0.2, 0) is 0 Å². The number of anilines is 1. The highest BCUT2D eigenvalue weighted by atomic mass is 15.2. The zero-order valence-corrected chi connectivity index (χ0v) is 9.46. The first kappa shape index (κ1) is 11.0. The molecule has 0 fully saturated rings. The number of aryl methyl sites for hydroxylation is 2. The van der Waals surface area contributed by atoms with Gasteiger partial charge >= 0.3 is 0 Å². The van der Waals surface area contributed by atoms with Crippen LogP contribution in [0, 0.1) is 13.8 Å². The third-order valence-electron chi connectivity index (χ3n) is 2.17. The summed E-state index contributed by atoms with van der Waals surface area (Å²) in [5, 5.41) is 3.13. The van der Waals surface area contributed by atoms with Crippen LogP contribution < -0.4 is 10.2 Å². The Hall–Kier alpha value is -1.09. The molecule has 1 heterocycles. The first-order valence-corrected chi connectivity index (χ1v) is 4.94. The molecule has 1 rings (SSSR count). The summed E-state index contributed by atoms with van der Waals surface area (Å²) in [4.78, 5) is 6.65. The van der Waals surface area contributed by atoms with E-state index >= 15 is 0 Å². The van der Waals surface area contributed by atoms with Gasteiger partial charge in [0.2, 0.25) is 0 Å². The number of hydrogen-bond donors (Lipinski definition) is 1.